The number of rotatable bonds is 8. The van der Waals surface area contributed by atoms with Crippen molar-refractivity contribution >= 4 is 0 Å². The number of nitrogens with zero attached hydrogens (tertiary/aromatic N) is 5. The third kappa shape index (κ3) is 4.54. The fourth-order valence-electron chi connectivity index (χ4n) is 2.83. The molecule has 1 unspecified atom stereocenters. The summed E-state index contributed by atoms with van der Waals surface area (Å²) in [6, 6.07) is 0.703. The van der Waals surface area contributed by atoms with Crippen LogP contribution in [-0.2, 0) is 13.1 Å². The Balaban J connectivity index is 1.77. The first-order valence-corrected chi connectivity index (χ1v) is 7.67. The van der Waals surface area contributed by atoms with E-state index in [0.717, 1.165) is 38.4 Å². The van der Waals surface area contributed by atoms with Gasteiger partial charge in [-0.05, 0) is 40.0 Å². The van der Waals surface area contributed by atoms with Crippen molar-refractivity contribution in [3.05, 3.63) is 11.9 Å². The first kappa shape index (κ1) is 15.4. The summed E-state index contributed by atoms with van der Waals surface area (Å²) >= 11 is 0. The van der Waals surface area contributed by atoms with E-state index in [1.54, 1.807) is 0 Å². The zero-order chi connectivity index (χ0) is 14.4. The van der Waals surface area contributed by atoms with E-state index in [0.29, 0.717) is 6.04 Å². The van der Waals surface area contributed by atoms with Gasteiger partial charge in [0.2, 0.25) is 0 Å². The van der Waals surface area contributed by atoms with E-state index in [1.165, 1.54) is 19.4 Å². The first-order chi connectivity index (χ1) is 9.69. The van der Waals surface area contributed by atoms with Crippen molar-refractivity contribution < 1.29 is 0 Å². The quantitative estimate of drug-likeness (QED) is 0.747. The summed E-state index contributed by atoms with van der Waals surface area (Å²) in [5.41, 5.74) is 1.03. The molecule has 0 aliphatic carbocycles. The molecule has 0 amide bonds. The fourth-order valence-corrected chi connectivity index (χ4v) is 2.83. The number of aromatic nitrogens is 3. The van der Waals surface area contributed by atoms with Crippen LogP contribution >= 0.6 is 0 Å². The molecule has 1 N–H and O–H groups in total. The molecule has 2 heterocycles. The van der Waals surface area contributed by atoms with E-state index in [1.807, 2.05) is 4.68 Å². The molecule has 114 valence electrons. The van der Waals surface area contributed by atoms with Gasteiger partial charge in [-0.15, -0.1) is 5.10 Å². The third-order valence-corrected chi connectivity index (χ3v) is 3.83. The maximum absolute atomic E-state index is 4.21. The van der Waals surface area contributed by atoms with Gasteiger partial charge in [0.1, 0.15) is 0 Å². The average molecular weight is 280 g/mol. The molecule has 6 heteroatoms. The Morgan fingerprint density at radius 2 is 2.25 bits per heavy atom. The Labute approximate surface area is 122 Å². The maximum atomic E-state index is 4.21. The minimum Gasteiger partial charge on any atom is -0.311 e. The van der Waals surface area contributed by atoms with Crippen molar-refractivity contribution in [3.63, 3.8) is 0 Å². The molecule has 1 aromatic heterocycles. The van der Waals surface area contributed by atoms with Gasteiger partial charge in [-0.25, -0.2) is 0 Å². The molecular formula is C14H28N6. The number of likely N-dealkylation sites (tertiary alicyclic amines) is 1. The Morgan fingerprint density at radius 3 is 3.00 bits per heavy atom. The molecule has 1 fully saturated rings. The van der Waals surface area contributed by atoms with Crippen molar-refractivity contribution in [2.45, 2.75) is 38.9 Å². The molecule has 0 radical (unpaired) electrons. The highest BCUT2D eigenvalue weighted by atomic mass is 15.4. The van der Waals surface area contributed by atoms with E-state index in [4.69, 9.17) is 0 Å². The topological polar surface area (TPSA) is 49.2 Å². The largest absolute Gasteiger partial charge is 0.311 e. The number of nitrogens with one attached hydrogen (secondary N) is 1. The van der Waals surface area contributed by atoms with Crippen molar-refractivity contribution in [1.82, 2.24) is 30.1 Å². The van der Waals surface area contributed by atoms with Crippen LogP contribution < -0.4 is 5.32 Å². The molecule has 20 heavy (non-hydrogen) atoms. The second-order valence-electron chi connectivity index (χ2n) is 5.85. The molecule has 6 nitrogen and oxygen atoms in total. The Kier molecular flexibility index (Phi) is 5.94. The summed E-state index contributed by atoms with van der Waals surface area (Å²) in [6.07, 6.45) is 4.70. The minimum atomic E-state index is 0.703. The summed E-state index contributed by atoms with van der Waals surface area (Å²) in [5, 5.41) is 11.7. The molecule has 1 aliphatic heterocycles. The van der Waals surface area contributed by atoms with E-state index < -0.39 is 0 Å². The lowest BCUT2D eigenvalue weighted by atomic mass is 10.2. The van der Waals surface area contributed by atoms with Crippen LogP contribution in [0.15, 0.2) is 6.20 Å². The monoisotopic (exact) mass is 280 g/mol. The smallest absolute Gasteiger partial charge is 0.0964 e. The van der Waals surface area contributed by atoms with Crippen molar-refractivity contribution in [2.24, 2.45) is 0 Å². The van der Waals surface area contributed by atoms with E-state index in [9.17, 15) is 0 Å². The molecule has 1 saturated heterocycles. The Morgan fingerprint density at radius 1 is 1.40 bits per heavy atom. The second-order valence-corrected chi connectivity index (χ2v) is 5.85. The lowest BCUT2D eigenvalue weighted by Gasteiger charge is -2.26. The van der Waals surface area contributed by atoms with Crippen molar-refractivity contribution in [3.8, 4) is 0 Å². The molecule has 1 atom stereocenters. The predicted octanol–water partition coefficient (Wildman–Crippen LogP) is 0.414. The molecule has 0 aromatic carbocycles. The summed E-state index contributed by atoms with van der Waals surface area (Å²) in [5.74, 6) is 0. The van der Waals surface area contributed by atoms with Crippen LogP contribution in [0.3, 0.4) is 0 Å². The summed E-state index contributed by atoms with van der Waals surface area (Å²) in [7, 11) is 4.31. The molecule has 1 aliphatic rings. The van der Waals surface area contributed by atoms with Gasteiger partial charge in [0, 0.05) is 31.9 Å². The molecule has 0 bridgehead atoms. The SMILES string of the molecule is CCNCc1cn(CCN2CCCC2CN(C)C)nn1. The fraction of sp³-hybridized carbons (Fsp3) is 0.857. The zero-order valence-corrected chi connectivity index (χ0v) is 13.0. The standard InChI is InChI=1S/C14H28N6/c1-4-15-10-13-11-20(17-16-13)9-8-19-7-5-6-14(19)12-18(2)3/h11,14-15H,4-10,12H2,1-3H3. The average Bonchev–Trinajstić information content (AvgIpc) is 3.02. The van der Waals surface area contributed by atoms with E-state index in [-0.39, 0.29) is 0 Å². The van der Waals surface area contributed by atoms with Crippen LogP contribution in [0.4, 0.5) is 0 Å². The molecule has 0 saturated carbocycles. The Hall–Kier alpha value is -0.980. The van der Waals surface area contributed by atoms with Gasteiger partial charge in [0.05, 0.1) is 12.2 Å². The van der Waals surface area contributed by atoms with Gasteiger partial charge in [-0.2, -0.15) is 0 Å². The lowest BCUT2D eigenvalue weighted by molar-refractivity contribution is 0.199. The summed E-state index contributed by atoms with van der Waals surface area (Å²) < 4.78 is 1.97. The molecular weight excluding hydrogens is 252 g/mol. The first-order valence-electron chi connectivity index (χ1n) is 7.67. The van der Waals surface area contributed by atoms with Gasteiger partial charge < -0.3 is 10.2 Å². The number of likely N-dealkylation sites (N-methyl/N-ethyl adjacent to an activating group) is 1. The van der Waals surface area contributed by atoms with Crippen LogP contribution in [0.25, 0.3) is 0 Å². The molecule has 2 rings (SSSR count). The zero-order valence-electron chi connectivity index (χ0n) is 13.0. The van der Waals surface area contributed by atoms with Crippen LogP contribution in [-0.4, -0.2) is 71.1 Å². The van der Waals surface area contributed by atoms with Crippen molar-refractivity contribution in [1.29, 1.82) is 0 Å². The molecule has 0 spiro atoms. The van der Waals surface area contributed by atoms with Crippen LogP contribution in [0.1, 0.15) is 25.5 Å². The van der Waals surface area contributed by atoms with Gasteiger partial charge >= 0.3 is 0 Å². The number of hydrogen-bond acceptors (Lipinski definition) is 5. The number of hydrogen-bond donors (Lipinski definition) is 1. The molecule has 1 aromatic rings. The predicted molar refractivity (Wildman–Crippen MR) is 80.6 cm³/mol. The van der Waals surface area contributed by atoms with Crippen LogP contribution in [0.2, 0.25) is 0 Å². The Bertz CT molecular complexity index is 389. The van der Waals surface area contributed by atoms with Crippen LogP contribution in [0, 0.1) is 0 Å². The minimum absolute atomic E-state index is 0.703. The van der Waals surface area contributed by atoms with E-state index in [2.05, 4.69) is 52.6 Å². The lowest BCUT2D eigenvalue weighted by Crippen LogP contribution is -2.39. The van der Waals surface area contributed by atoms with Crippen molar-refractivity contribution in [2.75, 3.05) is 40.3 Å². The van der Waals surface area contributed by atoms with Gasteiger partial charge in [-0.3, -0.25) is 9.58 Å². The highest BCUT2D eigenvalue weighted by Gasteiger charge is 2.24. The highest BCUT2D eigenvalue weighted by Crippen LogP contribution is 2.17. The van der Waals surface area contributed by atoms with E-state index >= 15 is 0 Å². The second kappa shape index (κ2) is 7.71. The summed E-state index contributed by atoms with van der Waals surface area (Å²) in [6.45, 7) is 8.26. The van der Waals surface area contributed by atoms with Gasteiger partial charge in [-0.1, -0.05) is 12.1 Å². The van der Waals surface area contributed by atoms with Crippen LogP contribution in [0.5, 0.6) is 0 Å². The third-order valence-electron chi connectivity index (χ3n) is 3.83. The highest BCUT2D eigenvalue weighted by molar-refractivity contribution is 4.91. The van der Waals surface area contributed by atoms with Gasteiger partial charge in [0.15, 0.2) is 0 Å². The van der Waals surface area contributed by atoms with Gasteiger partial charge in [0.25, 0.3) is 0 Å². The maximum Gasteiger partial charge on any atom is 0.0964 e. The summed E-state index contributed by atoms with van der Waals surface area (Å²) in [4.78, 5) is 4.87. The normalized spacial score (nSPS) is 20.1.